The average Bonchev–Trinajstić information content (AvgIpc) is 2.73. The Morgan fingerprint density at radius 1 is 1.31 bits per heavy atom. The molecule has 0 aromatic carbocycles. The van der Waals surface area contributed by atoms with Gasteiger partial charge in [0.05, 0.1) is 0 Å². The number of rotatable bonds is 8. The fourth-order valence-electron chi connectivity index (χ4n) is 2.78. The molecule has 2 heteroatoms. The van der Waals surface area contributed by atoms with Gasteiger partial charge in [0.25, 0.3) is 0 Å². The van der Waals surface area contributed by atoms with Gasteiger partial charge in [-0.15, -0.1) is 0 Å². The third kappa shape index (κ3) is 4.42. The molecule has 1 aliphatic rings. The molecule has 0 aromatic rings. The van der Waals surface area contributed by atoms with Crippen LogP contribution in [0.15, 0.2) is 0 Å². The minimum absolute atomic E-state index is 0.412. The summed E-state index contributed by atoms with van der Waals surface area (Å²) in [5, 5.41) is 7.44. The highest BCUT2D eigenvalue weighted by atomic mass is 15.1. The summed E-state index contributed by atoms with van der Waals surface area (Å²) >= 11 is 0. The average molecular weight is 226 g/mol. The zero-order chi connectivity index (χ0) is 11.9. The Kier molecular flexibility index (Phi) is 6.37. The van der Waals surface area contributed by atoms with E-state index in [1.54, 1.807) is 0 Å². The predicted molar refractivity (Wildman–Crippen MR) is 71.9 cm³/mol. The minimum Gasteiger partial charge on any atom is -0.312 e. The van der Waals surface area contributed by atoms with Crippen molar-refractivity contribution in [1.29, 1.82) is 0 Å². The second-order valence-corrected chi connectivity index (χ2v) is 5.48. The first-order valence-corrected chi connectivity index (χ1v) is 7.21. The van der Waals surface area contributed by atoms with E-state index in [-0.39, 0.29) is 0 Å². The van der Waals surface area contributed by atoms with Crippen molar-refractivity contribution in [2.45, 2.75) is 77.3 Å². The van der Waals surface area contributed by atoms with E-state index < -0.39 is 0 Å². The van der Waals surface area contributed by atoms with E-state index in [9.17, 15) is 0 Å². The summed E-state index contributed by atoms with van der Waals surface area (Å²) in [5.41, 5.74) is 0.412. The molecule has 0 aliphatic carbocycles. The summed E-state index contributed by atoms with van der Waals surface area (Å²) < 4.78 is 0. The molecule has 2 atom stereocenters. The lowest BCUT2D eigenvalue weighted by molar-refractivity contribution is 0.307. The van der Waals surface area contributed by atoms with Crippen molar-refractivity contribution >= 4 is 0 Å². The molecule has 2 nitrogen and oxygen atoms in total. The number of nitrogens with one attached hydrogen (secondary N) is 2. The highest BCUT2D eigenvalue weighted by Gasteiger charge is 2.32. The van der Waals surface area contributed by atoms with Crippen molar-refractivity contribution in [2.75, 3.05) is 13.1 Å². The molecule has 0 aromatic heterocycles. The molecule has 0 spiro atoms. The summed E-state index contributed by atoms with van der Waals surface area (Å²) in [6.45, 7) is 9.26. The van der Waals surface area contributed by atoms with Gasteiger partial charge in [-0.2, -0.15) is 0 Å². The third-order valence-corrected chi connectivity index (χ3v) is 3.84. The van der Waals surface area contributed by atoms with E-state index in [4.69, 9.17) is 0 Å². The Morgan fingerprint density at radius 2 is 2.12 bits per heavy atom. The Hall–Kier alpha value is -0.0800. The zero-order valence-electron chi connectivity index (χ0n) is 11.4. The fourth-order valence-corrected chi connectivity index (χ4v) is 2.78. The molecule has 16 heavy (non-hydrogen) atoms. The minimum atomic E-state index is 0.412. The van der Waals surface area contributed by atoms with Gasteiger partial charge in [0.2, 0.25) is 0 Å². The number of hydrogen-bond acceptors (Lipinski definition) is 2. The summed E-state index contributed by atoms with van der Waals surface area (Å²) in [7, 11) is 0. The molecule has 0 bridgehead atoms. The monoisotopic (exact) mass is 226 g/mol. The van der Waals surface area contributed by atoms with E-state index in [1.807, 2.05) is 0 Å². The van der Waals surface area contributed by atoms with E-state index >= 15 is 0 Å². The fraction of sp³-hybridized carbons (Fsp3) is 1.00. The molecule has 2 N–H and O–H groups in total. The molecule has 1 aliphatic heterocycles. The highest BCUT2D eigenvalue weighted by molar-refractivity contribution is 4.94. The molecule has 1 saturated heterocycles. The first-order valence-electron chi connectivity index (χ1n) is 7.21. The second-order valence-electron chi connectivity index (χ2n) is 5.48. The molecular weight excluding hydrogens is 196 g/mol. The van der Waals surface area contributed by atoms with Crippen molar-refractivity contribution in [1.82, 2.24) is 10.6 Å². The van der Waals surface area contributed by atoms with E-state index in [0.29, 0.717) is 11.6 Å². The Labute approximate surface area is 102 Å². The SMILES string of the molecule is CCCCC(C)NCC1(CCC)CCCN1. The van der Waals surface area contributed by atoms with Crippen LogP contribution in [0, 0.1) is 0 Å². The van der Waals surface area contributed by atoms with Crippen molar-refractivity contribution in [3.63, 3.8) is 0 Å². The van der Waals surface area contributed by atoms with Gasteiger partial charge in [0.1, 0.15) is 0 Å². The van der Waals surface area contributed by atoms with Gasteiger partial charge < -0.3 is 10.6 Å². The van der Waals surface area contributed by atoms with Crippen molar-refractivity contribution in [3.8, 4) is 0 Å². The lowest BCUT2D eigenvalue weighted by atomic mass is 9.91. The molecule has 0 saturated carbocycles. The quantitative estimate of drug-likeness (QED) is 0.664. The van der Waals surface area contributed by atoms with Crippen molar-refractivity contribution in [3.05, 3.63) is 0 Å². The van der Waals surface area contributed by atoms with Crippen LogP contribution in [-0.4, -0.2) is 24.7 Å². The summed E-state index contributed by atoms with van der Waals surface area (Å²) in [4.78, 5) is 0. The molecule has 1 heterocycles. The maximum atomic E-state index is 3.72. The van der Waals surface area contributed by atoms with E-state index in [1.165, 1.54) is 51.5 Å². The summed E-state index contributed by atoms with van der Waals surface area (Å²) in [5.74, 6) is 0. The van der Waals surface area contributed by atoms with Gasteiger partial charge in [0.15, 0.2) is 0 Å². The van der Waals surface area contributed by atoms with Gasteiger partial charge in [-0.1, -0.05) is 33.1 Å². The number of hydrogen-bond donors (Lipinski definition) is 2. The van der Waals surface area contributed by atoms with Crippen molar-refractivity contribution < 1.29 is 0 Å². The smallest absolute Gasteiger partial charge is 0.0306 e. The zero-order valence-corrected chi connectivity index (χ0v) is 11.4. The summed E-state index contributed by atoms with van der Waals surface area (Å²) in [6.07, 6.45) is 9.29. The summed E-state index contributed by atoms with van der Waals surface area (Å²) in [6, 6.07) is 0.677. The molecule has 0 radical (unpaired) electrons. The van der Waals surface area contributed by atoms with Crippen LogP contribution in [0.25, 0.3) is 0 Å². The van der Waals surface area contributed by atoms with Crippen LogP contribution in [0.2, 0.25) is 0 Å². The first-order chi connectivity index (χ1) is 7.72. The van der Waals surface area contributed by atoms with E-state index in [0.717, 1.165) is 6.54 Å². The Balaban J connectivity index is 2.26. The lowest BCUT2D eigenvalue weighted by Crippen LogP contribution is -2.50. The first kappa shape index (κ1) is 14.0. The van der Waals surface area contributed by atoms with Gasteiger partial charge in [-0.05, 0) is 39.2 Å². The maximum Gasteiger partial charge on any atom is 0.0306 e. The normalized spacial score (nSPS) is 27.2. The number of unbranched alkanes of at least 4 members (excludes halogenated alkanes) is 1. The Morgan fingerprint density at radius 3 is 2.69 bits per heavy atom. The van der Waals surface area contributed by atoms with Gasteiger partial charge >= 0.3 is 0 Å². The molecule has 1 fully saturated rings. The third-order valence-electron chi connectivity index (χ3n) is 3.84. The Bertz CT molecular complexity index is 174. The van der Waals surface area contributed by atoms with Crippen LogP contribution in [0.1, 0.15) is 65.7 Å². The molecule has 2 unspecified atom stereocenters. The second kappa shape index (κ2) is 7.29. The van der Waals surface area contributed by atoms with Crippen LogP contribution in [0.4, 0.5) is 0 Å². The van der Waals surface area contributed by atoms with E-state index in [2.05, 4.69) is 31.4 Å². The maximum absolute atomic E-state index is 3.72. The molecule has 96 valence electrons. The lowest BCUT2D eigenvalue weighted by Gasteiger charge is -2.31. The molecular formula is C14H30N2. The van der Waals surface area contributed by atoms with Crippen LogP contribution in [0.5, 0.6) is 0 Å². The van der Waals surface area contributed by atoms with Crippen LogP contribution < -0.4 is 10.6 Å². The van der Waals surface area contributed by atoms with Gasteiger partial charge in [-0.3, -0.25) is 0 Å². The van der Waals surface area contributed by atoms with Gasteiger partial charge in [-0.25, -0.2) is 0 Å². The largest absolute Gasteiger partial charge is 0.312 e. The molecule has 0 amide bonds. The molecule has 1 rings (SSSR count). The van der Waals surface area contributed by atoms with Crippen LogP contribution in [0.3, 0.4) is 0 Å². The standard InChI is InChI=1S/C14H30N2/c1-4-6-8-13(3)15-12-14(9-5-2)10-7-11-16-14/h13,15-16H,4-12H2,1-3H3. The van der Waals surface area contributed by atoms with Crippen LogP contribution >= 0.6 is 0 Å². The van der Waals surface area contributed by atoms with Crippen molar-refractivity contribution in [2.24, 2.45) is 0 Å². The predicted octanol–water partition coefficient (Wildman–Crippen LogP) is 3.08. The van der Waals surface area contributed by atoms with Crippen LogP contribution in [-0.2, 0) is 0 Å². The topological polar surface area (TPSA) is 24.1 Å². The van der Waals surface area contributed by atoms with Gasteiger partial charge in [0, 0.05) is 18.1 Å². The highest BCUT2D eigenvalue weighted by Crippen LogP contribution is 2.24.